The number of nitrogens with zero attached hydrogens (tertiary/aromatic N) is 1. The van der Waals surface area contributed by atoms with E-state index in [1.165, 1.54) is 22.0 Å². The highest BCUT2D eigenvalue weighted by Crippen LogP contribution is 2.55. The number of hydrogen-bond acceptors (Lipinski definition) is 2. The van der Waals surface area contributed by atoms with Crippen LogP contribution in [0.5, 0.6) is 5.75 Å². The minimum Gasteiger partial charge on any atom is -0.463 e. The average Bonchev–Trinajstić information content (AvgIpc) is 2.86. The second-order valence-electron chi connectivity index (χ2n) is 8.02. The van der Waals surface area contributed by atoms with Crippen LogP contribution in [0.1, 0.15) is 25.0 Å². The van der Waals surface area contributed by atoms with E-state index >= 15 is 0 Å². The van der Waals surface area contributed by atoms with Gasteiger partial charge in [0.2, 0.25) is 5.72 Å². The standard InChI is InChI=1S/C25H22BrNO/c1-4-15-27-22-11-10-18(26)16-21(22)24(2,3)25(27)14-13-20-19-8-6-5-7-17(19)9-12-23(20)28-25/h4-14,16H,1,15H2,2-3H3. The highest BCUT2D eigenvalue weighted by atomic mass is 79.9. The lowest BCUT2D eigenvalue weighted by atomic mass is 9.76. The summed E-state index contributed by atoms with van der Waals surface area (Å²) in [6.45, 7) is 9.23. The van der Waals surface area contributed by atoms with E-state index in [0.717, 1.165) is 15.8 Å². The molecule has 0 saturated carbocycles. The van der Waals surface area contributed by atoms with Crippen molar-refractivity contribution in [3.8, 4) is 5.75 Å². The molecule has 2 nitrogen and oxygen atoms in total. The van der Waals surface area contributed by atoms with Crippen molar-refractivity contribution in [3.63, 3.8) is 0 Å². The van der Waals surface area contributed by atoms with Crippen LogP contribution < -0.4 is 9.64 Å². The third-order valence-corrected chi connectivity index (χ3v) is 6.70. The Kier molecular flexibility index (Phi) is 3.76. The summed E-state index contributed by atoms with van der Waals surface area (Å²) >= 11 is 3.64. The molecular formula is C25H22BrNO. The second kappa shape index (κ2) is 5.99. The fourth-order valence-electron chi connectivity index (χ4n) is 4.73. The Morgan fingerprint density at radius 2 is 1.93 bits per heavy atom. The Bertz CT molecular complexity index is 1150. The van der Waals surface area contributed by atoms with Gasteiger partial charge in [0.25, 0.3) is 0 Å². The molecule has 0 N–H and O–H groups in total. The molecule has 0 radical (unpaired) electrons. The van der Waals surface area contributed by atoms with Crippen LogP contribution in [-0.2, 0) is 5.41 Å². The Balaban J connectivity index is 1.73. The molecule has 2 aliphatic rings. The number of rotatable bonds is 2. The van der Waals surface area contributed by atoms with Crippen molar-refractivity contribution in [3.05, 3.63) is 88.9 Å². The molecule has 0 aliphatic carbocycles. The number of halogens is 1. The first-order valence-electron chi connectivity index (χ1n) is 9.56. The molecule has 1 atom stereocenters. The molecule has 2 heterocycles. The molecule has 0 fully saturated rings. The summed E-state index contributed by atoms with van der Waals surface area (Å²) in [5, 5.41) is 2.45. The fraction of sp³-hybridized carbons (Fsp3) is 0.200. The molecule has 5 rings (SSSR count). The Labute approximate surface area is 174 Å². The van der Waals surface area contributed by atoms with Crippen molar-refractivity contribution < 1.29 is 4.74 Å². The van der Waals surface area contributed by atoms with Gasteiger partial charge in [0.15, 0.2) is 0 Å². The summed E-state index contributed by atoms with van der Waals surface area (Å²) in [4.78, 5) is 2.33. The third kappa shape index (κ3) is 2.20. The molecule has 0 bridgehead atoms. The molecule has 28 heavy (non-hydrogen) atoms. The first kappa shape index (κ1) is 17.6. The van der Waals surface area contributed by atoms with Crippen LogP contribution in [0.25, 0.3) is 16.8 Å². The largest absolute Gasteiger partial charge is 0.463 e. The van der Waals surface area contributed by atoms with Gasteiger partial charge in [0.1, 0.15) is 5.75 Å². The van der Waals surface area contributed by atoms with E-state index in [2.05, 4.69) is 108 Å². The number of ether oxygens (including phenoxy) is 1. The van der Waals surface area contributed by atoms with Gasteiger partial charge in [-0.25, -0.2) is 0 Å². The third-order valence-electron chi connectivity index (χ3n) is 6.20. The molecule has 0 aromatic heterocycles. The summed E-state index contributed by atoms with van der Waals surface area (Å²) in [5.74, 6) is 0.926. The van der Waals surface area contributed by atoms with Gasteiger partial charge >= 0.3 is 0 Å². The maximum absolute atomic E-state index is 6.87. The van der Waals surface area contributed by atoms with E-state index in [1.807, 2.05) is 6.08 Å². The van der Waals surface area contributed by atoms with Crippen molar-refractivity contribution in [2.45, 2.75) is 25.0 Å². The lowest BCUT2D eigenvalue weighted by Gasteiger charge is -2.47. The van der Waals surface area contributed by atoms with Crippen LogP contribution in [0, 0.1) is 0 Å². The molecule has 2 aliphatic heterocycles. The van der Waals surface area contributed by atoms with Gasteiger partial charge < -0.3 is 9.64 Å². The van der Waals surface area contributed by atoms with Crippen LogP contribution in [0.2, 0.25) is 0 Å². The molecule has 3 heteroatoms. The lowest BCUT2D eigenvalue weighted by Crippen LogP contribution is -2.59. The summed E-state index contributed by atoms with van der Waals surface area (Å²) in [7, 11) is 0. The van der Waals surface area contributed by atoms with Gasteiger partial charge in [0, 0.05) is 22.3 Å². The fourth-order valence-corrected chi connectivity index (χ4v) is 5.09. The SMILES string of the molecule is C=CCN1c2ccc(Br)cc2C(C)(C)C12C=Cc1c(ccc3ccccc13)O2. The number of fused-ring (bicyclic) bond motifs is 4. The van der Waals surface area contributed by atoms with Crippen LogP contribution in [-0.4, -0.2) is 12.3 Å². The molecule has 0 amide bonds. The predicted molar refractivity (Wildman–Crippen MR) is 121 cm³/mol. The van der Waals surface area contributed by atoms with Gasteiger partial charge in [0.05, 0.1) is 5.41 Å². The Morgan fingerprint density at radius 3 is 2.75 bits per heavy atom. The van der Waals surface area contributed by atoms with Crippen molar-refractivity contribution in [2.75, 3.05) is 11.4 Å². The Hall–Kier alpha value is -2.52. The van der Waals surface area contributed by atoms with Gasteiger partial charge in [-0.2, -0.15) is 0 Å². The highest BCUT2D eigenvalue weighted by molar-refractivity contribution is 9.10. The molecule has 1 unspecified atom stereocenters. The first-order valence-corrected chi connectivity index (χ1v) is 10.4. The van der Waals surface area contributed by atoms with Crippen molar-refractivity contribution >= 4 is 38.5 Å². The molecule has 140 valence electrons. The van der Waals surface area contributed by atoms with Crippen LogP contribution in [0.3, 0.4) is 0 Å². The van der Waals surface area contributed by atoms with E-state index in [-0.39, 0.29) is 5.41 Å². The number of anilines is 1. The van der Waals surface area contributed by atoms with E-state index in [9.17, 15) is 0 Å². The van der Waals surface area contributed by atoms with Crippen LogP contribution in [0.4, 0.5) is 5.69 Å². The lowest BCUT2D eigenvalue weighted by molar-refractivity contribution is 0.0557. The van der Waals surface area contributed by atoms with E-state index in [4.69, 9.17) is 4.74 Å². The molecular weight excluding hydrogens is 410 g/mol. The smallest absolute Gasteiger partial charge is 0.212 e. The average molecular weight is 432 g/mol. The van der Waals surface area contributed by atoms with Crippen molar-refractivity contribution in [1.82, 2.24) is 0 Å². The van der Waals surface area contributed by atoms with E-state index < -0.39 is 5.72 Å². The summed E-state index contributed by atoms with van der Waals surface area (Å²) in [5.41, 5.74) is 2.78. The molecule has 1 spiro atoms. The van der Waals surface area contributed by atoms with Gasteiger partial charge in [-0.1, -0.05) is 52.3 Å². The molecule has 3 aromatic carbocycles. The summed E-state index contributed by atoms with van der Waals surface area (Å²) in [6, 6.07) is 19.2. The van der Waals surface area contributed by atoms with Gasteiger partial charge in [-0.15, -0.1) is 6.58 Å². The predicted octanol–water partition coefficient (Wildman–Crippen LogP) is 6.69. The Morgan fingerprint density at radius 1 is 1.11 bits per heavy atom. The summed E-state index contributed by atoms with van der Waals surface area (Å²) < 4.78 is 7.95. The zero-order valence-electron chi connectivity index (χ0n) is 16.1. The summed E-state index contributed by atoms with van der Waals surface area (Å²) in [6.07, 6.45) is 6.42. The van der Waals surface area contributed by atoms with Crippen LogP contribution >= 0.6 is 15.9 Å². The van der Waals surface area contributed by atoms with E-state index in [1.54, 1.807) is 0 Å². The monoisotopic (exact) mass is 431 g/mol. The van der Waals surface area contributed by atoms with Crippen molar-refractivity contribution in [1.29, 1.82) is 0 Å². The second-order valence-corrected chi connectivity index (χ2v) is 8.93. The maximum atomic E-state index is 6.87. The highest BCUT2D eigenvalue weighted by Gasteiger charge is 2.58. The van der Waals surface area contributed by atoms with Gasteiger partial charge in [-0.05, 0) is 66.6 Å². The number of benzene rings is 3. The van der Waals surface area contributed by atoms with Crippen LogP contribution in [0.15, 0.2) is 77.8 Å². The first-order chi connectivity index (χ1) is 13.5. The minimum absolute atomic E-state index is 0.241. The normalized spacial score (nSPS) is 21.5. The van der Waals surface area contributed by atoms with E-state index in [0.29, 0.717) is 6.54 Å². The number of hydrogen-bond donors (Lipinski definition) is 0. The zero-order chi connectivity index (χ0) is 19.5. The topological polar surface area (TPSA) is 12.5 Å². The molecule has 0 saturated heterocycles. The minimum atomic E-state index is -0.597. The maximum Gasteiger partial charge on any atom is 0.212 e. The quantitative estimate of drug-likeness (QED) is 0.419. The molecule has 3 aromatic rings. The van der Waals surface area contributed by atoms with Gasteiger partial charge in [-0.3, -0.25) is 0 Å². The zero-order valence-corrected chi connectivity index (χ0v) is 17.7. The van der Waals surface area contributed by atoms with Crippen molar-refractivity contribution in [2.24, 2.45) is 0 Å².